The number of aliphatic hydroxyl groups excluding tert-OH is 1. The molecule has 0 spiro atoms. The fraction of sp³-hybridized carbons (Fsp3) is 0.441. The molecule has 48 heavy (non-hydrogen) atoms. The number of nitriles is 1. The van der Waals surface area contributed by atoms with Crippen LogP contribution in [0.5, 0.6) is 11.5 Å². The zero-order chi connectivity index (χ0) is 35.0. The predicted octanol–water partition coefficient (Wildman–Crippen LogP) is 4.16. The van der Waals surface area contributed by atoms with E-state index in [0.717, 1.165) is 10.9 Å². The first kappa shape index (κ1) is 35.7. The topological polar surface area (TPSA) is 209 Å². The SMILES string of the molecule is CC1=C(C(=O)OC(C)C)C(c2cc([N+](=O)[O-])ccc2OCCCCNCC(O)COc2cccc3[nH]ccc23)C(C)(C(=O)O)C(C#N)N1. The number of carbonyl (C=O) groups is 2. The molecule has 0 fully saturated rings. The van der Waals surface area contributed by atoms with Crippen molar-refractivity contribution in [1.82, 2.24) is 15.6 Å². The molecule has 5 N–H and O–H groups in total. The number of aromatic nitrogens is 1. The van der Waals surface area contributed by atoms with Crippen molar-refractivity contribution in [2.75, 3.05) is 26.3 Å². The van der Waals surface area contributed by atoms with Crippen LogP contribution in [0.15, 0.2) is 59.9 Å². The fourth-order valence-corrected chi connectivity index (χ4v) is 5.80. The molecule has 0 saturated carbocycles. The number of allylic oxidation sites excluding steroid dienone is 1. The van der Waals surface area contributed by atoms with Gasteiger partial charge in [0.15, 0.2) is 0 Å². The van der Waals surface area contributed by atoms with Crippen molar-refractivity contribution < 1.29 is 38.9 Å². The van der Waals surface area contributed by atoms with Gasteiger partial charge >= 0.3 is 11.9 Å². The first-order valence-electron chi connectivity index (χ1n) is 15.7. The maximum absolute atomic E-state index is 13.4. The van der Waals surface area contributed by atoms with Crippen LogP contribution in [0.4, 0.5) is 5.69 Å². The molecule has 1 aliphatic rings. The molecule has 14 heteroatoms. The van der Waals surface area contributed by atoms with Crippen molar-refractivity contribution in [2.24, 2.45) is 5.41 Å². The van der Waals surface area contributed by atoms with E-state index in [1.807, 2.05) is 36.5 Å². The number of benzene rings is 2. The number of ether oxygens (including phenoxy) is 3. The number of nitrogens with zero attached hydrogens (tertiary/aromatic N) is 2. The van der Waals surface area contributed by atoms with Gasteiger partial charge < -0.3 is 40.0 Å². The minimum atomic E-state index is -1.93. The fourth-order valence-electron chi connectivity index (χ4n) is 5.80. The molecule has 14 nitrogen and oxygen atoms in total. The lowest BCUT2D eigenvalue weighted by Gasteiger charge is -2.43. The number of hydrogen-bond acceptors (Lipinski definition) is 11. The third kappa shape index (κ3) is 7.87. The highest BCUT2D eigenvalue weighted by molar-refractivity contribution is 5.95. The predicted molar refractivity (Wildman–Crippen MR) is 175 cm³/mol. The van der Waals surface area contributed by atoms with Crippen LogP contribution in [0.1, 0.15) is 52.0 Å². The number of carbonyl (C=O) groups excluding carboxylic acids is 1. The number of unbranched alkanes of at least 4 members (excludes halogenated alkanes) is 1. The van der Waals surface area contributed by atoms with Gasteiger partial charge in [-0.15, -0.1) is 0 Å². The molecule has 1 aromatic heterocycles. The summed E-state index contributed by atoms with van der Waals surface area (Å²) in [7, 11) is 0. The van der Waals surface area contributed by atoms with Crippen molar-refractivity contribution in [3.05, 3.63) is 75.6 Å². The molecule has 0 bridgehead atoms. The number of carboxylic acid groups (broad SMARTS) is 1. The van der Waals surface area contributed by atoms with Crippen molar-refractivity contribution in [3.63, 3.8) is 0 Å². The van der Waals surface area contributed by atoms with Crippen LogP contribution in [0.3, 0.4) is 0 Å². The highest BCUT2D eigenvalue weighted by Gasteiger charge is 2.56. The summed E-state index contributed by atoms with van der Waals surface area (Å²) < 4.78 is 17.3. The lowest BCUT2D eigenvalue weighted by atomic mass is 9.63. The minimum absolute atomic E-state index is 0.0537. The second-order valence-corrected chi connectivity index (χ2v) is 12.1. The Morgan fingerprint density at radius 1 is 1.17 bits per heavy atom. The summed E-state index contributed by atoms with van der Waals surface area (Å²) >= 11 is 0. The molecule has 3 aromatic rings. The van der Waals surface area contributed by atoms with Crippen molar-refractivity contribution >= 4 is 28.5 Å². The molecule has 4 unspecified atom stereocenters. The molecule has 2 aromatic carbocycles. The Kier molecular flexibility index (Phi) is 11.6. The van der Waals surface area contributed by atoms with Gasteiger partial charge in [-0.25, -0.2) is 4.79 Å². The Hall–Kier alpha value is -5.13. The molecule has 0 radical (unpaired) electrons. The molecule has 4 atom stereocenters. The Balaban J connectivity index is 1.43. The first-order chi connectivity index (χ1) is 22.9. The number of carboxylic acids is 1. The van der Waals surface area contributed by atoms with E-state index in [1.165, 1.54) is 32.0 Å². The number of nitrogens with one attached hydrogen (secondary N) is 3. The summed E-state index contributed by atoms with van der Waals surface area (Å²) in [5.41, 5.74) is -1.06. The van der Waals surface area contributed by atoms with Crippen molar-refractivity contribution in [2.45, 2.75) is 64.7 Å². The Morgan fingerprint density at radius 3 is 2.62 bits per heavy atom. The van der Waals surface area contributed by atoms with E-state index in [-0.39, 0.29) is 41.5 Å². The molecule has 2 heterocycles. The van der Waals surface area contributed by atoms with Gasteiger partial charge in [0.1, 0.15) is 35.7 Å². The second kappa shape index (κ2) is 15.6. The summed E-state index contributed by atoms with van der Waals surface area (Å²) in [5.74, 6) is -2.68. The molecular formula is C34H41N5O9. The number of nitro groups is 1. The van der Waals surface area contributed by atoms with Crippen LogP contribution in [0.25, 0.3) is 10.9 Å². The number of aromatic amines is 1. The van der Waals surface area contributed by atoms with Crippen LogP contribution >= 0.6 is 0 Å². The number of rotatable bonds is 16. The summed E-state index contributed by atoms with van der Waals surface area (Å²) in [6.07, 6.45) is 1.75. The highest BCUT2D eigenvalue weighted by Crippen LogP contribution is 2.51. The lowest BCUT2D eigenvalue weighted by molar-refractivity contribution is -0.385. The average molecular weight is 664 g/mol. The number of H-pyrrole nitrogens is 1. The van der Waals surface area contributed by atoms with Crippen molar-refractivity contribution in [1.29, 1.82) is 5.26 Å². The molecule has 0 aliphatic carbocycles. The van der Waals surface area contributed by atoms with Gasteiger partial charge in [0.25, 0.3) is 5.69 Å². The van der Waals surface area contributed by atoms with Gasteiger partial charge in [-0.05, 0) is 71.3 Å². The van der Waals surface area contributed by atoms with E-state index >= 15 is 0 Å². The Bertz CT molecular complexity index is 1710. The number of fused-ring (bicyclic) bond motifs is 1. The molecule has 0 amide bonds. The average Bonchev–Trinajstić information content (AvgIpc) is 3.53. The lowest BCUT2D eigenvalue weighted by Crippen LogP contribution is -2.55. The van der Waals surface area contributed by atoms with E-state index in [1.54, 1.807) is 13.8 Å². The van der Waals surface area contributed by atoms with Gasteiger partial charge in [0, 0.05) is 53.0 Å². The largest absolute Gasteiger partial charge is 0.493 e. The summed E-state index contributed by atoms with van der Waals surface area (Å²) in [6.45, 7) is 7.29. The molecule has 256 valence electrons. The summed E-state index contributed by atoms with van der Waals surface area (Å²) in [4.78, 5) is 40.5. The van der Waals surface area contributed by atoms with Gasteiger partial charge in [-0.2, -0.15) is 5.26 Å². The number of hydrogen-bond donors (Lipinski definition) is 5. The third-order valence-corrected chi connectivity index (χ3v) is 8.29. The van der Waals surface area contributed by atoms with E-state index in [0.29, 0.717) is 31.7 Å². The van der Waals surface area contributed by atoms with Gasteiger partial charge in [0.05, 0.1) is 29.3 Å². The standard InChI is InChI=1S/C34H41N5O9/c1-20(2)48-32(41)30-21(3)38-29(17-35)34(4,33(42)43)31(30)25-16-22(39(44)45)10-11-28(25)46-15-6-5-13-36-18-23(40)19-47-27-9-7-8-26-24(27)12-14-37-26/h7-12,14,16,20,23,29,31,36-38,40H,5-6,13,15,18-19H2,1-4H3,(H,42,43). The van der Waals surface area contributed by atoms with Gasteiger partial charge in [-0.1, -0.05) is 6.07 Å². The molecule has 1 aliphatic heterocycles. The van der Waals surface area contributed by atoms with Crippen LogP contribution in [0.2, 0.25) is 0 Å². The quantitative estimate of drug-likeness (QED) is 0.0633. The van der Waals surface area contributed by atoms with Crippen molar-refractivity contribution in [3.8, 4) is 17.6 Å². The Morgan fingerprint density at radius 2 is 1.94 bits per heavy atom. The number of nitro benzene ring substituents is 1. The monoisotopic (exact) mass is 663 g/mol. The first-order valence-corrected chi connectivity index (χ1v) is 15.7. The number of aliphatic carboxylic acids is 1. The highest BCUT2D eigenvalue weighted by atomic mass is 16.6. The molecular weight excluding hydrogens is 622 g/mol. The smallest absolute Gasteiger partial charge is 0.336 e. The van der Waals surface area contributed by atoms with Gasteiger partial charge in [-0.3, -0.25) is 14.9 Å². The normalized spacial score (nSPS) is 19.8. The molecule has 4 rings (SSSR count). The van der Waals surface area contributed by atoms with E-state index < -0.39 is 46.4 Å². The maximum atomic E-state index is 13.4. The van der Waals surface area contributed by atoms with Gasteiger partial charge in [0.2, 0.25) is 0 Å². The zero-order valence-electron chi connectivity index (χ0n) is 27.3. The van der Waals surface area contributed by atoms with Crippen LogP contribution < -0.4 is 20.1 Å². The Labute approximate surface area is 277 Å². The van der Waals surface area contributed by atoms with E-state index in [9.17, 15) is 35.2 Å². The number of aliphatic hydroxyl groups is 1. The summed E-state index contributed by atoms with van der Waals surface area (Å²) in [5, 5.41) is 49.5. The minimum Gasteiger partial charge on any atom is -0.493 e. The van der Waals surface area contributed by atoms with E-state index in [4.69, 9.17) is 14.2 Å². The van der Waals surface area contributed by atoms with Crippen LogP contribution in [0, 0.1) is 26.9 Å². The van der Waals surface area contributed by atoms with E-state index in [2.05, 4.69) is 15.6 Å². The third-order valence-electron chi connectivity index (χ3n) is 8.29. The second-order valence-electron chi connectivity index (χ2n) is 12.1. The zero-order valence-corrected chi connectivity index (χ0v) is 27.3. The molecule has 0 saturated heterocycles. The maximum Gasteiger partial charge on any atom is 0.336 e. The van der Waals surface area contributed by atoms with Crippen LogP contribution in [-0.2, 0) is 14.3 Å². The number of esters is 1. The summed E-state index contributed by atoms with van der Waals surface area (Å²) in [6, 6.07) is 12.1. The number of non-ortho nitro benzene ring substituents is 1. The van der Waals surface area contributed by atoms with Crippen LogP contribution in [-0.4, -0.2) is 76.6 Å².